The molecule has 0 aromatic heterocycles. The van der Waals surface area contributed by atoms with Crippen LogP contribution in [0.25, 0.3) is 0 Å². The van der Waals surface area contributed by atoms with E-state index in [0.717, 1.165) is 0 Å². The zero-order valence-electron chi connectivity index (χ0n) is 8.21. The Morgan fingerprint density at radius 2 is 2.00 bits per heavy atom. The van der Waals surface area contributed by atoms with E-state index in [1.54, 1.807) is 12.1 Å². The zero-order valence-corrected chi connectivity index (χ0v) is 8.21. The highest BCUT2D eigenvalue weighted by Crippen LogP contribution is 2.31. The van der Waals surface area contributed by atoms with Gasteiger partial charge in [0.2, 0.25) is 0 Å². The van der Waals surface area contributed by atoms with E-state index in [2.05, 4.69) is 0 Å². The van der Waals surface area contributed by atoms with Crippen molar-refractivity contribution in [3.05, 3.63) is 23.5 Å². The maximum absolute atomic E-state index is 13.6. The Bertz CT molecular complexity index is 312. The van der Waals surface area contributed by atoms with Crippen LogP contribution in [0.4, 0.5) is 4.39 Å². The topological polar surface area (TPSA) is 38.7 Å². The Morgan fingerprint density at radius 3 is 2.50 bits per heavy atom. The molecular formula is C10H13FO3. The van der Waals surface area contributed by atoms with E-state index in [9.17, 15) is 4.39 Å². The van der Waals surface area contributed by atoms with Crippen LogP contribution in [-0.2, 0) is 6.42 Å². The molecule has 1 rings (SSSR count). The molecule has 0 aliphatic heterocycles. The van der Waals surface area contributed by atoms with Crippen LogP contribution < -0.4 is 9.47 Å². The van der Waals surface area contributed by atoms with Crippen LogP contribution in [0.2, 0.25) is 0 Å². The van der Waals surface area contributed by atoms with Crippen LogP contribution in [-0.4, -0.2) is 25.9 Å². The number of aliphatic hydroxyl groups excluding tert-OH is 1. The SMILES string of the molecule is COc1ccc(CCO)c(F)c1OC. The van der Waals surface area contributed by atoms with Gasteiger partial charge in [0.15, 0.2) is 17.3 Å². The maximum atomic E-state index is 13.6. The average molecular weight is 200 g/mol. The van der Waals surface area contributed by atoms with Crippen molar-refractivity contribution in [1.82, 2.24) is 0 Å². The molecule has 0 atom stereocenters. The molecule has 0 bridgehead atoms. The molecule has 0 spiro atoms. The highest BCUT2D eigenvalue weighted by molar-refractivity contribution is 5.44. The molecule has 0 heterocycles. The summed E-state index contributed by atoms with van der Waals surface area (Å²) in [4.78, 5) is 0. The largest absolute Gasteiger partial charge is 0.493 e. The molecule has 1 aromatic rings. The summed E-state index contributed by atoms with van der Waals surface area (Å²) >= 11 is 0. The number of methoxy groups -OCH3 is 2. The van der Waals surface area contributed by atoms with Crippen molar-refractivity contribution in [2.24, 2.45) is 0 Å². The van der Waals surface area contributed by atoms with Gasteiger partial charge < -0.3 is 14.6 Å². The third-order valence-corrected chi connectivity index (χ3v) is 1.95. The standard InChI is InChI=1S/C10H13FO3/c1-13-8-4-3-7(5-6-12)9(11)10(8)14-2/h3-4,12H,5-6H2,1-2H3. The monoisotopic (exact) mass is 200 g/mol. The number of ether oxygens (including phenoxy) is 2. The molecular weight excluding hydrogens is 187 g/mol. The molecule has 78 valence electrons. The van der Waals surface area contributed by atoms with Crippen LogP contribution >= 0.6 is 0 Å². The third-order valence-electron chi connectivity index (χ3n) is 1.95. The number of hydrogen-bond acceptors (Lipinski definition) is 3. The molecule has 1 aromatic carbocycles. The Balaban J connectivity index is 3.13. The Labute approximate surface area is 82.1 Å². The lowest BCUT2D eigenvalue weighted by Crippen LogP contribution is -2.00. The second-order valence-electron chi connectivity index (χ2n) is 2.75. The first-order valence-electron chi connectivity index (χ1n) is 4.24. The van der Waals surface area contributed by atoms with E-state index in [4.69, 9.17) is 14.6 Å². The molecule has 1 N–H and O–H groups in total. The first-order chi connectivity index (χ1) is 6.74. The van der Waals surface area contributed by atoms with E-state index >= 15 is 0 Å². The molecule has 0 aliphatic rings. The van der Waals surface area contributed by atoms with Gasteiger partial charge in [-0.15, -0.1) is 0 Å². The van der Waals surface area contributed by atoms with E-state index in [0.29, 0.717) is 11.3 Å². The van der Waals surface area contributed by atoms with Crippen molar-refractivity contribution in [2.45, 2.75) is 6.42 Å². The van der Waals surface area contributed by atoms with Crippen LogP contribution in [0.5, 0.6) is 11.5 Å². The van der Waals surface area contributed by atoms with Gasteiger partial charge in [-0.25, -0.2) is 4.39 Å². The van der Waals surface area contributed by atoms with Gasteiger partial charge in [-0.1, -0.05) is 6.07 Å². The van der Waals surface area contributed by atoms with Gasteiger partial charge in [-0.2, -0.15) is 0 Å². The van der Waals surface area contributed by atoms with Crippen LogP contribution in [0.3, 0.4) is 0 Å². The van der Waals surface area contributed by atoms with Crippen molar-refractivity contribution < 1.29 is 19.0 Å². The molecule has 0 amide bonds. The van der Waals surface area contributed by atoms with E-state index < -0.39 is 5.82 Å². The second-order valence-corrected chi connectivity index (χ2v) is 2.75. The van der Waals surface area contributed by atoms with Gasteiger partial charge in [0, 0.05) is 6.61 Å². The lowest BCUT2D eigenvalue weighted by atomic mass is 10.1. The van der Waals surface area contributed by atoms with E-state index in [1.165, 1.54) is 14.2 Å². The molecule has 4 heteroatoms. The second kappa shape index (κ2) is 4.81. The van der Waals surface area contributed by atoms with Gasteiger partial charge in [0.05, 0.1) is 14.2 Å². The van der Waals surface area contributed by atoms with Crippen LogP contribution in [0.1, 0.15) is 5.56 Å². The molecule has 0 aliphatic carbocycles. The summed E-state index contributed by atoms with van der Waals surface area (Å²) in [5, 5.41) is 8.70. The quantitative estimate of drug-likeness (QED) is 0.798. The minimum atomic E-state index is -0.471. The van der Waals surface area contributed by atoms with E-state index in [1.807, 2.05) is 0 Å². The molecule has 0 unspecified atom stereocenters. The molecule has 0 saturated heterocycles. The van der Waals surface area contributed by atoms with Gasteiger partial charge in [0.1, 0.15) is 0 Å². The molecule has 14 heavy (non-hydrogen) atoms. The lowest BCUT2D eigenvalue weighted by Gasteiger charge is -2.10. The fourth-order valence-electron chi connectivity index (χ4n) is 1.24. The predicted molar refractivity (Wildman–Crippen MR) is 50.3 cm³/mol. The number of benzene rings is 1. The number of rotatable bonds is 4. The summed E-state index contributed by atoms with van der Waals surface area (Å²) in [5.41, 5.74) is 0.421. The predicted octanol–water partition coefficient (Wildman–Crippen LogP) is 1.38. The normalized spacial score (nSPS) is 10.0. The minimum Gasteiger partial charge on any atom is -0.493 e. The highest BCUT2D eigenvalue weighted by atomic mass is 19.1. The smallest absolute Gasteiger partial charge is 0.197 e. The molecule has 0 radical (unpaired) electrons. The van der Waals surface area contributed by atoms with Gasteiger partial charge >= 0.3 is 0 Å². The molecule has 0 fully saturated rings. The lowest BCUT2D eigenvalue weighted by molar-refractivity contribution is 0.295. The van der Waals surface area contributed by atoms with Crippen molar-refractivity contribution in [3.8, 4) is 11.5 Å². The van der Waals surface area contributed by atoms with E-state index in [-0.39, 0.29) is 18.8 Å². The first-order valence-corrected chi connectivity index (χ1v) is 4.24. The number of aliphatic hydroxyl groups is 1. The van der Waals surface area contributed by atoms with Crippen molar-refractivity contribution in [1.29, 1.82) is 0 Å². The average Bonchev–Trinajstić information content (AvgIpc) is 2.21. The number of halogens is 1. The van der Waals surface area contributed by atoms with Gasteiger partial charge in [0.25, 0.3) is 0 Å². The molecule has 3 nitrogen and oxygen atoms in total. The fourth-order valence-corrected chi connectivity index (χ4v) is 1.24. The summed E-state index contributed by atoms with van der Waals surface area (Å²) in [6.45, 7) is -0.0909. The Kier molecular flexibility index (Phi) is 3.71. The summed E-state index contributed by atoms with van der Waals surface area (Å²) in [7, 11) is 2.83. The minimum absolute atomic E-state index is 0.0819. The summed E-state index contributed by atoms with van der Waals surface area (Å²) < 4.78 is 23.4. The summed E-state index contributed by atoms with van der Waals surface area (Å²) in [6, 6.07) is 3.19. The Morgan fingerprint density at radius 1 is 1.29 bits per heavy atom. The summed E-state index contributed by atoms with van der Waals surface area (Å²) in [6.07, 6.45) is 0.270. The van der Waals surface area contributed by atoms with Crippen LogP contribution in [0, 0.1) is 5.82 Å². The van der Waals surface area contributed by atoms with Gasteiger partial charge in [-0.05, 0) is 18.1 Å². The van der Waals surface area contributed by atoms with Gasteiger partial charge in [-0.3, -0.25) is 0 Å². The Hall–Kier alpha value is -1.29. The van der Waals surface area contributed by atoms with Crippen LogP contribution in [0.15, 0.2) is 12.1 Å². The summed E-state index contributed by atoms with van der Waals surface area (Å²) in [5.74, 6) is -0.0361. The van der Waals surface area contributed by atoms with Crippen molar-refractivity contribution >= 4 is 0 Å². The number of hydrogen-bond donors (Lipinski definition) is 1. The van der Waals surface area contributed by atoms with Crippen molar-refractivity contribution in [2.75, 3.05) is 20.8 Å². The third kappa shape index (κ3) is 1.96. The molecule has 0 saturated carbocycles. The first kappa shape index (κ1) is 10.8. The highest BCUT2D eigenvalue weighted by Gasteiger charge is 2.13. The van der Waals surface area contributed by atoms with Crippen molar-refractivity contribution in [3.63, 3.8) is 0 Å². The fraction of sp³-hybridized carbons (Fsp3) is 0.400. The maximum Gasteiger partial charge on any atom is 0.197 e. The zero-order chi connectivity index (χ0) is 10.6.